The van der Waals surface area contributed by atoms with Crippen LogP contribution in [0.2, 0.25) is 0 Å². The topological polar surface area (TPSA) is 44.5 Å². The van der Waals surface area contributed by atoms with Gasteiger partial charge in [0.1, 0.15) is 11.5 Å². The summed E-state index contributed by atoms with van der Waals surface area (Å²) >= 11 is 0. The lowest BCUT2D eigenvalue weighted by Crippen LogP contribution is -1.93. The van der Waals surface area contributed by atoms with Gasteiger partial charge in [-0.05, 0) is 12.1 Å². The number of methoxy groups -OCH3 is 1. The van der Waals surface area contributed by atoms with Crippen LogP contribution >= 0.6 is 0 Å². The molecule has 2 N–H and O–H groups in total. The van der Waals surface area contributed by atoms with Crippen molar-refractivity contribution in [3.8, 4) is 11.5 Å². The second-order valence-corrected chi connectivity index (χ2v) is 3.44. The molecule has 0 saturated carbocycles. The van der Waals surface area contributed by atoms with Crippen LogP contribution in [0.5, 0.6) is 11.5 Å². The fraction of sp³-hybridized carbons (Fsp3) is 0.333. The van der Waals surface area contributed by atoms with Gasteiger partial charge in [-0.2, -0.15) is 0 Å². The van der Waals surface area contributed by atoms with Gasteiger partial charge in [0.15, 0.2) is 0 Å². The first-order valence-electron chi connectivity index (χ1n) is 5.05. The van der Waals surface area contributed by atoms with Crippen LogP contribution in [0.25, 0.3) is 6.08 Å². The van der Waals surface area contributed by atoms with Crippen LogP contribution < -0.4 is 15.2 Å². The van der Waals surface area contributed by atoms with Gasteiger partial charge < -0.3 is 15.2 Å². The minimum Gasteiger partial charge on any atom is -0.496 e. The van der Waals surface area contributed by atoms with Crippen LogP contribution in [0.1, 0.15) is 11.1 Å². The molecule has 0 atom stereocenters. The summed E-state index contributed by atoms with van der Waals surface area (Å²) in [6.07, 6.45) is 4.83. The number of rotatable bonds is 3. The quantitative estimate of drug-likeness (QED) is 0.815. The molecule has 1 aliphatic heterocycles. The second kappa shape index (κ2) is 4.36. The molecule has 3 heteroatoms. The van der Waals surface area contributed by atoms with Gasteiger partial charge in [-0.15, -0.1) is 0 Å². The summed E-state index contributed by atoms with van der Waals surface area (Å²) in [5.41, 5.74) is 7.66. The molecule has 0 aromatic heterocycles. The van der Waals surface area contributed by atoms with Gasteiger partial charge in [0.05, 0.1) is 13.7 Å². The molecule has 0 spiro atoms. The van der Waals surface area contributed by atoms with Crippen LogP contribution in [0.3, 0.4) is 0 Å². The Balaban J connectivity index is 2.39. The minimum absolute atomic E-state index is 0.529. The van der Waals surface area contributed by atoms with E-state index in [4.69, 9.17) is 15.2 Å². The Hall–Kier alpha value is -1.48. The van der Waals surface area contributed by atoms with E-state index in [1.165, 1.54) is 5.56 Å². The Morgan fingerprint density at radius 3 is 3.13 bits per heavy atom. The molecule has 0 amide bonds. The number of hydrogen-bond acceptors (Lipinski definition) is 3. The third-order valence-electron chi connectivity index (χ3n) is 2.48. The number of benzene rings is 1. The molecule has 1 aromatic rings. The summed E-state index contributed by atoms with van der Waals surface area (Å²) in [5, 5.41) is 0. The first-order valence-corrected chi connectivity index (χ1v) is 5.05. The molecule has 0 radical (unpaired) electrons. The second-order valence-electron chi connectivity index (χ2n) is 3.44. The Morgan fingerprint density at radius 1 is 1.53 bits per heavy atom. The van der Waals surface area contributed by atoms with E-state index in [1.807, 2.05) is 24.3 Å². The zero-order valence-electron chi connectivity index (χ0n) is 8.82. The van der Waals surface area contributed by atoms with Gasteiger partial charge in [0.25, 0.3) is 0 Å². The monoisotopic (exact) mass is 205 g/mol. The molecular weight excluding hydrogens is 190 g/mol. The zero-order valence-corrected chi connectivity index (χ0v) is 8.82. The summed E-state index contributed by atoms with van der Waals surface area (Å²) < 4.78 is 10.8. The molecule has 0 bridgehead atoms. The predicted molar refractivity (Wildman–Crippen MR) is 60.3 cm³/mol. The van der Waals surface area contributed by atoms with Crippen LogP contribution in [0.4, 0.5) is 0 Å². The third kappa shape index (κ3) is 1.97. The Morgan fingerprint density at radius 2 is 2.40 bits per heavy atom. The van der Waals surface area contributed by atoms with Gasteiger partial charge in [0, 0.05) is 24.1 Å². The summed E-state index contributed by atoms with van der Waals surface area (Å²) in [6, 6.07) is 4.05. The summed E-state index contributed by atoms with van der Waals surface area (Å²) in [5.74, 6) is 1.84. The number of nitrogens with two attached hydrogens (primary N) is 1. The van der Waals surface area contributed by atoms with Crippen LogP contribution in [0, 0.1) is 0 Å². The van der Waals surface area contributed by atoms with Crippen LogP contribution in [-0.4, -0.2) is 20.3 Å². The maximum absolute atomic E-state index is 5.50. The Bertz CT molecular complexity index is 385. The molecule has 0 fully saturated rings. The van der Waals surface area contributed by atoms with Crippen LogP contribution in [-0.2, 0) is 6.42 Å². The SMILES string of the molecule is COc1cc2c(cc1/C=C/CN)OCC2. The highest BCUT2D eigenvalue weighted by atomic mass is 16.5. The zero-order chi connectivity index (χ0) is 10.7. The van der Waals surface area contributed by atoms with E-state index >= 15 is 0 Å². The average molecular weight is 205 g/mol. The lowest BCUT2D eigenvalue weighted by atomic mass is 10.1. The summed E-state index contributed by atoms with van der Waals surface area (Å²) in [6.45, 7) is 1.30. The van der Waals surface area contributed by atoms with Crippen molar-refractivity contribution in [3.05, 3.63) is 29.3 Å². The predicted octanol–water partition coefficient (Wildman–Crippen LogP) is 1.60. The summed E-state index contributed by atoms with van der Waals surface area (Å²) in [4.78, 5) is 0. The highest BCUT2D eigenvalue weighted by Gasteiger charge is 2.14. The molecular formula is C12H15NO2. The van der Waals surface area contributed by atoms with Gasteiger partial charge in [-0.3, -0.25) is 0 Å². The molecule has 1 aliphatic rings. The number of hydrogen-bond donors (Lipinski definition) is 1. The molecule has 80 valence electrons. The van der Waals surface area contributed by atoms with Crippen molar-refractivity contribution in [2.75, 3.05) is 20.3 Å². The van der Waals surface area contributed by atoms with Gasteiger partial charge in [0.2, 0.25) is 0 Å². The third-order valence-corrected chi connectivity index (χ3v) is 2.48. The van der Waals surface area contributed by atoms with Crippen molar-refractivity contribution in [2.45, 2.75) is 6.42 Å². The molecule has 0 saturated heterocycles. The highest BCUT2D eigenvalue weighted by molar-refractivity contribution is 5.62. The molecule has 1 heterocycles. The van der Waals surface area contributed by atoms with E-state index in [1.54, 1.807) is 7.11 Å². The Labute approximate surface area is 89.5 Å². The van der Waals surface area contributed by atoms with Crippen molar-refractivity contribution in [2.24, 2.45) is 5.73 Å². The molecule has 2 rings (SSSR count). The maximum Gasteiger partial charge on any atom is 0.126 e. The van der Waals surface area contributed by atoms with E-state index in [0.29, 0.717) is 6.54 Å². The van der Waals surface area contributed by atoms with Gasteiger partial charge in [-0.25, -0.2) is 0 Å². The summed E-state index contributed by atoms with van der Waals surface area (Å²) in [7, 11) is 1.68. The van der Waals surface area contributed by atoms with Gasteiger partial charge in [-0.1, -0.05) is 12.2 Å². The molecule has 15 heavy (non-hydrogen) atoms. The normalized spacial score (nSPS) is 14.0. The van der Waals surface area contributed by atoms with Crippen molar-refractivity contribution in [3.63, 3.8) is 0 Å². The average Bonchev–Trinajstić information content (AvgIpc) is 2.71. The molecule has 3 nitrogen and oxygen atoms in total. The van der Waals surface area contributed by atoms with E-state index in [-0.39, 0.29) is 0 Å². The van der Waals surface area contributed by atoms with E-state index < -0.39 is 0 Å². The minimum atomic E-state index is 0.529. The molecule has 0 aliphatic carbocycles. The van der Waals surface area contributed by atoms with E-state index in [9.17, 15) is 0 Å². The number of fused-ring (bicyclic) bond motifs is 1. The van der Waals surface area contributed by atoms with Crippen molar-refractivity contribution in [1.29, 1.82) is 0 Å². The van der Waals surface area contributed by atoms with E-state index in [2.05, 4.69) is 0 Å². The largest absolute Gasteiger partial charge is 0.496 e. The van der Waals surface area contributed by atoms with Crippen molar-refractivity contribution in [1.82, 2.24) is 0 Å². The smallest absolute Gasteiger partial charge is 0.126 e. The first-order chi connectivity index (χ1) is 7.35. The number of ether oxygens (including phenoxy) is 2. The fourth-order valence-corrected chi connectivity index (χ4v) is 1.72. The maximum atomic E-state index is 5.50. The standard InChI is InChI=1S/C12H15NO2/c1-14-11-7-10-4-6-15-12(10)8-9(11)3-2-5-13/h2-3,7-8H,4-6,13H2,1H3/b3-2+. The highest BCUT2D eigenvalue weighted by Crippen LogP contribution is 2.33. The lowest BCUT2D eigenvalue weighted by molar-refractivity contribution is 0.356. The first kappa shape index (κ1) is 10.1. The van der Waals surface area contributed by atoms with Gasteiger partial charge >= 0.3 is 0 Å². The van der Waals surface area contributed by atoms with Crippen molar-refractivity contribution >= 4 is 6.08 Å². The van der Waals surface area contributed by atoms with Crippen LogP contribution in [0.15, 0.2) is 18.2 Å². The molecule has 0 unspecified atom stereocenters. The Kier molecular flexibility index (Phi) is 2.92. The molecule has 1 aromatic carbocycles. The fourth-order valence-electron chi connectivity index (χ4n) is 1.72. The van der Waals surface area contributed by atoms with E-state index in [0.717, 1.165) is 30.1 Å². The lowest BCUT2D eigenvalue weighted by Gasteiger charge is -2.07. The van der Waals surface area contributed by atoms with Crippen molar-refractivity contribution < 1.29 is 9.47 Å².